The average molecular weight is 407 g/mol. The first-order valence-corrected chi connectivity index (χ1v) is 10.8. The number of rotatable bonds is 3. The zero-order chi connectivity index (χ0) is 21.6. The van der Waals surface area contributed by atoms with Crippen LogP contribution in [0.25, 0.3) is 44.6 Å². The van der Waals surface area contributed by atoms with Crippen LogP contribution in [-0.2, 0) is 0 Å². The molecular weight excluding hydrogens is 380 g/mol. The van der Waals surface area contributed by atoms with Crippen LogP contribution in [0.3, 0.4) is 0 Å². The van der Waals surface area contributed by atoms with Crippen LogP contribution < -0.4 is 0 Å². The molecule has 0 spiro atoms. The van der Waals surface area contributed by atoms with Crippen molar-refractivity contribution in [3.8, 4) is 22.5 Å². The molecule has 0 aliphatic rings. The zero-order valence-electron chi connectivity index (χ0n) is 18.4. The summed E-state index contributed by atoms with van der Waals surface area (Å²) in [5.74, 6) is 0.416. The van der Waals surface area contributed by atoms with Gasteiger partial charge >= 0.3 is 0 Å². The predicted molar refractivity (Wildman–Crippen MR) is 128 cm³/mol. The van der Waals surface area contributed by atoms with Gasteiger partial charge in [0.15, 0.2) is 0 Å². The number of hydrogen-bond acceptors (Lipinski definition) is 3. The standard InChI is InChI=1S/C28H26N2O/c1-18(28(2,3)4)20-15-16-29-25(17-20)23-12-8-11-21-22-13-14-24(19-9-6-5-7-10-19)30-27(22)31-26(21)23/h5-18H,1-4H3. The number of nitrogens with zero attached hydrogens (tertiary/aromatic N) is 2. The molecule has 3 nitrogen and oxygen atoms in total. The third kappa shape index (κ3) is 3.50. The molecule has 1 unspecified atom stereocenters. The highest BCUT2D eigenvalue weighted by molar-refractivity contribution is 6.08. The van der Waals surface area contributed by atoms with Gasteiger partial charge in [0.2, 0.25) is 5.71 Å². The number of hydrogen-bond donors (Lipinski definition) is 0. The van der Waals surface area contributed by atoms with Gasteiger partial charge in [0.25, 0.3) is 0 Å². The Hall–Kier alpha value is -3.46. The lowest BCUT2D eigenvalue weighted by molar-refractivity contribution is 0.339. The molecule has 2 aromatic carbocycles. The summed E-state index contributed by atoms with van der Waals surface area (Å²) in [6.45, 7) is 9.09. The molecule has 0 saturated carbocycles. The lowest BCUT2D eigenvalue weighted by Gasteiger charge is -2.27. The summed E-state index contributed by atoms with van der Waals surface area (Å²) in [5.41, 5.74) is 6.88. The van der Waals surface area contributed by atoms with Crippen molar-refractivity contribution < 1.29 is 4.42 Å². The molecule has 31 heavy (non-hydrogen) atoms. The highest BCUT2D eigenvalue weighted by Gasteiger charge is 2.22. The second-order valence-electron chi connectivity index (χ2n) is 9.26. The molecule has 0 aliphatic heterocycles. The molecular formula is C28H26N2O. The summed E-state index contributed by atoms with van der Waals surface area (Å²) >= 11 is 0. The van der Waals surface area contributed by atoms with E-state index in [4.69, 9.17) is 9.40 Å². The first-order valence-electron chi connectivity index (χ1n) is 10.8. The molecule has 1 atom stereocenters. The van der Waals surface area contributed by atoms with Crippen molar-refractivity contribution in [3.63, 3.8) is 0 Å². The van der Waals surface area contributed by atoms with Crippen LogP contribution in [0.2, 0.25) is 0 Å². The summed E-state index contributed by atoms with van der Waals surface area (Å²) in [7, 11) is 0. The van der Waals surface area contributed by atoms with Gasteiger partial charge in [-0.3, -0.25) is 4.98 Å². The zero-order valence-corrected chi connectivity index (χ0v) is 18.4. The minimum atomic E-state index is 0.182. The Kier molecular flexibility index (Phi) is 4.62. The number of pyridine rings is 2. The summed E-state index contributed by atoms with van der Waals surface area (Å²) in [6, 6.07) is 24.9. The van der Waals surface area contributed by atoms with Gasteiger partial charge in [-0.2, -0.15) is 0 Å². The van der Waals surface area contributed by atoms with Gasteiger partial charge in [0, 0.05) is 28.1 Å². The molecule has 5 rings (SSSR count). The number of fused-ring (bicyclic) bond motifs is 3. The van der Waals surface area contributed by atoms with E-state index in [0.29, 0.717) is 11.6 Å². The van der Waals surface area contributed by atoms with Crippen molar-refractivity contribution in [1.29, 1.82) is 0 Å². The maximum atomic E-state index is 6.32. The molecule has 0 amide bonds. The number of furan rings is 1. The Bertz CT molecular complexity index is 1380. The molecule has 0 fully saturated rings. The van der Waals surface area contributed by atoms with Crippen LogP contribution >= 0.6 is 0 Å². The van der Waals surface area contributed by atoms with Gasteiger partial charge in [-0.15, -0.1) is 0 Å². The molecule has 0 N–H and O–H groups in total. The topological polar surface area (TPSA) is 38.9 Å². The predicted octanol–water partition coefficient (Wildman–Crippen LogP) is 7.86. The molecule has 0 radical (unpaired) electrons. The van der Waals surface area contributed by atoms with E-state index in [1.54, 1.807) is 0 Å². The minimum absolute atomic E-state index is 0.182. The molecule has 0 aliphatic carbocycles. The van der Waals surface area contributed by atoms with Crippen molar-refractivity contribution in [2.75, 3.05) is 0 Å². The fraction of sp³-hybridized carbons (Fsp3) is 0.214. The van der Waals surface area contributed by atoms with Crippen molar-refractivity contribution in [3.05, 3.63) is 84.6 Å². The summed E-state index contributed by atoms with van der Waals surface area (Å²) in [5, 5.41) is 2.09. The number of benzene rings is 2. The Morgan fingerprint density at radius 3 is 2.39 bits per heavy atom. The van der Waals surface area contributed by atoms with Gasteiger partial charge in [-0.25, -0.2) is 4.98 Å². The van der Waals surface area contributed by atoms with Crippen LogP contribution in [-0.4, -0.2) is 9.97 Å². The molecule has 5 aromatic rings. The molecule has 3 aromatic heterocycles. The maximum Gasteiger partial charge on any atom is 0.227 e. The SMILES string of the molecule is CC(c1ccnc(-c2cccc3c2oc2nc(-c4ccccc4)ccc23)c1)C(C)(C)C. The van der Waals surface area contributed by atoms with Crippen LogP contribution in [0.4, 0.5) is 0 Å². The first-order chi connectivity index (χ1) is 14.9. The second-order valence-corrected chi connectivity index (χ2v) is 9.26. The minimum Gasteiger partial charge on any atom is -0.437 e. The summed E-state index contributed by atoms with van der Waals surface area (Å²) in [4.78, 5) is 9.49. The third-order valence-corrected chi connectivity index (χ3v) is 6.29. The van der Waals surface area contributed by atoms with E-state index in [9.17, 15) is 0 Å². The summed E-state index contributed by atoms with van der Waals surface area (Å²) in [6.07, 6.45) is 1.90. The van der Waals surface area contributed by atoms with E-state index in [0.717, 1.165) is 38.9 Å². The number of para-hydroxylation sites is 1. The van der Waals surface area contributed by atoms with Crippen molar-refractivity contribution in [2.24, 2.45) is 5.41 Å². The van der Waals surface area contributed by atoms with Gasteiger partial charge in [0.05, 0.1) is 11.4 Å². The van der Waals surface area contributed by atoms with E-state index < -0.39 is 0 Å². The maximum absolute atomic E-state index is 6.32. The molecule has 3 heteroatoms. The van der Waals surface area contributed by atoms with Gasteiger partial charge < -0.3 is 4.42 Å². The van der Waals surface area contributed by atoms with E-state index in [2.05, 4.69) is 87.3 Å². The van der Waals surface area contributed by atoms with E-state index in [1.807, 2.05) is 24.4 Å². The Morgan fingerprint density at radius 2 is 1.61 bits per heavy atom. The smallest absolute Gasteiger partial charge is 0.227 e. The lowest BCUT2D eigenvalue weighted by Crippen LogP contribution is -2.15. The average Bonchev–Trinajstić information content (AvgIpc) is 3.16. The fourth-order valence-electron chi connectivity index (χ4n) is 4.01. The fourth-order valence-corrected chi connectivity index (χ4v) is 4.01. The lowest BCUT2D eigenvalue weighted by atomic mass is 9.78. The van der Waals surface area contributed by atoms with Crippen molar-refractivity contribution in [1.82, 2.24) is 9.97 Å². The number of aromatic nitrogens is 2. The monoisotopic (exact) mass is 406 g/mol. The van der Waals surface area contributed by atoms with Crippen LogP contribution in [0.5, 0.6) is 0 Å². The quantitative estimate of drug-likeness (QED) is 0.306. The Balaban J connectivity index is 1.65. The van der Waals surface area contributed by atoms with E-state index in [1.165, 1.54) is 5.56 Å². The highest BCUT2D eigenvalue weighted by atomic mass is 16.3. The van der Waals surface area contributed by atoms with Crippen molar-refractivity contribution >= 4 is 22.1 Å². The molecule has 3 heterocycles. The Labute approximate surface area is 182 Å². The molecule has 0 saturated heterocycles. The Morgan fingerprint density at radius 1 is 0.806 bits per heavy atom. The van der Waals surface area contributed by atoms with Gasteiger partial charge in [-0.05, 0) is 47.2 Å². The second kappa shape index (κ2) is 7.35. The van der Waals surface area contributed by atoms with Crippen molar-refractivity contribution in [2.45, 2.75) is 33.6 Å². The van der Waals surface area contributed by atoms with Gasteiger partial charge in [-0.1, -0.05) is 70.2 Å². The largest absolute Gasteiger partial charge is 0.437 e. The molecule has 154 valence electrons. The molecule has 0 bridgehead atoms. The van der Waals surface area contributed by atoms with Gasteiger partial charge in [0.1, 0.15) is 5.58 Å². The third-order valence-electron chi connectivity index (χ3n) is 6.29. The highest BCUT2D eigenvalue weighted by Crippen LogP contribution is 2.38. The first kappa shape index (κ1) is 19.5. The van der Waals surface area contributed by atoms with Crippen LogP contribution in [0.15, 0.2) is 83.4 Å². The van der Waals surface area contributed by atoms with E-state index in [-0.39, 0.29) is 5.41 Å². The van der Waals surface area contributed by atoms with Crippen LogP contribution in [0, 0.1) is 5.41 Å². The summed E-state index contributed by atoms with van der Waals surface area (Å²) < 4.78 is 6.32. The van der Waals surface area contributed by atoms with E-state index >= 15 is 0 Å². The van der Waals surface area contributed by atoms with Crippen LogP contribution in [0.1, 0.15) is 39.2 Å². The normalized spacial score (nSPS) is 13.0.